The highest BCUT2D eigenvalue weighted by atomic mass is 16.5. The highest BCUT2D eigenvalue weighted by molar-refractivity contribution is 5.46. The monoisotopic (exact) mass is 278 g/mol. The van der Waals surface area contributed by atoms with Gasteiger partial charge < -0.3 is 15.8 Å². The highest BCUT2D eigenvalue weighted by Crippen LogP contribution is 2.26. The van der Waals surface area contributed by atoms with Crippen LogP contribution < -0.4 is 11.1 Å². The minimum Gasteiger partial charge on any atom is -0.398 e. The van der Waals surface area contributed by atoms with Crippen molar-refractivity contribution in [3.63, 3.8) is 0 Å². The molecular formula is C15H26N4O. The van der Waals surface area contributed by atoms with E-state index in [9.17, 15) is 0 Å². The number of hydrogen-bond acceptors (Lipinski definition) is 5. The molecular weight excluding hydrogens is 252 g/mol. The molecule has 1 aliphatic rings. The number of rotatable bonds is 5. The Morgan fingerprint density at radius 3 is 3.00 bits per heavy atom. The Kier molecular flexibility index (Phi) is 5.34. The highest BCUT2D eigenvalue weighted by Gasteiger charge is 2.30. The quantitative estimate of drug-likeness (QED) is 0.853. The molecule has 0 saturated carbocycles. The van der Waals surface area contributed by atoms with Crippen molar-refractivity contribution in [3.8, 4) is 0 Å². The van der Waals surface area contributed by atoms with E-state index in [1.807, 2.05) is 12.3 Å². The van der Waals surface area contributed by atoms with Gasteiger partial charge in [0, 0.05) is 42.8 Å². The Morgan fingerprint density at radius 1 is 1.55 bits per heavy atom. The molecule has 1 aromatic heterocycles. The summed E-state index contributed by atoms with van der Waals surface area (Å²) in [6.45, 7) is 10.1. The second-order valence-corrected chi connectivity index (χ2v) is 5.54. The second-order valence-electron chi connectivity index (χ2n) is 5.54. The van der Waals surface area contributed by atoms with E-state index in [4.69, 9.17) is 10.5 Å². The third kappa shape index (κ3) is 3.48. The van der Waals surface area contributed by atoms with Crippen molar-refractivity contribution in [2.75, 3.05) is 32.0 Å². The van der Waals surface area contributed by atoms with Crippen LogP contribution in [0.1, 0.15) is 32.4 Å². The van der Waals surface area contributed by atoms with Crippen molar-refractivity contribution in [2.24, 2.45) is 0 Å². The summed E-state index contributed by atoms with van der Waals surface area (Å²) < 4.78 is 5.99. The van der Waals surface area contributed by atoms with Crippen molar-refractivity contribution < 1.29 is 4.74 Å². The van der Waals surface area contributed by atoms with Crippen LogP contribution >= 0.6 is 0 Å². The average Bonchev–Trinajstić information content (AvgIpc) is 2.46. The predicted octanol–water partition coefficient (Wildman–Crippen LogP) is 1.42. The van der Waals surface area contributed by atoms with Crippen LogP contribution in [-0.2, 0) is 4.74 Å². The number of ether oxygens (including phenoxy) is 1. The van der Waals surface area contributed by atoms with E-state index in [1.165, 1.54) is 0 Å². The number of morpholine rings is 1. The molecule has 0 aromatic carbocycles. The molecule has 3 N–H and O–H groups in total. The molecule has 1 aromatic rings. The molecule has 5 nitrogen and oxygen atoms in total. The van der Waals surface area contributed by atoms with Gasteiger partial charge in [-0.15, -0.1) is 0 Å². The second kappa shape index (κ2) is 7.02. The topological polar surface area (TPSA) is 63.4 Å². The van der Waals surface area contributed by atoms with Crippen LogP contribution in [-0.4, -0.2) is 48.3 Å². The van der Waals surface area contributed by atoms with Gasteiger partial charge in [-0.1, -0.05) is 6.92 Å². The summed E-state index contributed by atoms with van der Waals surface area (Å²) in [4.78, 5) is 6.66. The Hall–Kier alpha value is -1.17. The first kappa shape index (κ1) is 15.2. The fraction of sp³-hybridized carbons (Fsp3) is 0.667. The van der Waals surface area contributed by atoms with Gasteiger partial charge in [0.05, 0.1) is 18.8 Å². The summed E-state index contributed by atoms with van der Waals surface area (Å²) in [5.74, 6) is 0. The number of aromatic nitrogens is 1. The molecule has 1 fully saturated rings. The summed E-state index contributed by atoms with van der Waals surface area (Å²) in [5.41, 5.74) is 7.91. The molecule has 1 saturated heterocycles. The summed E-state index contributed by atoms with van der Waals surface area (Å²) >= 11 is 0. The van der Waals surface area contributed by atoms with Crippen LogP contribution in [0.2, 0.25) is 0 Å². The largest absolute Gasteiger partial charge is 0.398 e. The zero-order valence-corrected chi connectivity index (χ0v) is 12.7. The third-order valence-corrected chi connectivity index (χ3v) is 3.87. The number of pyridine rings is 1. The van der Waals surface area contributed by atoms with E-state index in [-0.39, 0.29) is 12.1 Å². The Morgan fingerprint density at radius 2 is 2.35 bits per heavy atom. The zero-order valence-electron chi connectivity index (χ0n) is 12.7. The van der Waals surface area contributed by atoms with Gasteiger partial charge in [0.2, 0.25) is 0 Å². The molecule has 2 atom stereocenters. The van der Waals surface area contributed by atoms with E-state index in [0.29, 0.717) is 6.04 Å². The molecule has 0 spiro atoms. The van der Waals surface area contributed by atoms with Crippen LogP contribution in [0.4, 0.5) is 5.69 Å². The van der Waals surface area contributed by atoms with E-state index < -0.39 is 0 Å². The fourth-order valence-corrected chi connectivity index (χ4v) is 2.71. The van der Waals surface area contributed by atoms with Crippen molar-refractivity contribution >= 4 is 5.69 Å². The molecule has 0 bridgehead atoms. The molecule has 2 heterocycles. The number of nitrogens with two attached hydrogens (primary N) is 1. The zero-order chi connectivity index (χ0) is 14.5. The lowest BCUT2D eigenvalue weighted by Crippen LogP contribution is -2.50. The lowest BCUT2D eigenvalue weighted by Gasteiger charge is -2.39. The predicted molar refractivity (Wildman–Crippen MR) is 81.5 cm³/mol. The molecule has 2 rings (SSSR count). The molecule has 1 aliphatic heterocycles. The van der Waals surface area contributed by atoms with Crippen molar-refractivity contribution in [1.29, 1.82) is 0 Å². The first-order valence-corrected chi connectivity index (χ1v) is 7.42. The third-order valence-electron chi connectivity index (χ3n) is 3.87. The first-order valence-electron chi connectivity index (χ1n) is 7.42. The van der Waals surface area contributed by atoms with Gasteiger partial charge in [-0.2, -0.15) is 0 Å². The maximum Gasteiger partial charge on any atom is 0.0898 e. The minimum absolute atomic E-state index is 0.0928. The summed E-state index contributed by atoms with van der Waals surface area (Å²) in [6.07, 6.45) is 3.68. The van der Waals surface area contributed by atoms with E-state index >= 15 is 0 Å². The number of anilines is 1. The van der Waals surface area contributed by atoms with Gasteiger partial charge in [0.1, 0.15) is 0 Å². The molecule has 0 radical (unpaired) electrons. The Bertz CT molecular complexity index is 424. The maximum atomic E-state index is 6.10. The number of likely N-dealkylation sites (N-methyl/N-ethyl adjacent to an activating group) is 1. The maximum absolute atomic E-state index is 6.10. The van der Waals surface area contributed by atoms with E-state index in [0.717, 1.165) is 37.5 Å². The molecule has 20 heavy (non-hydrogen) atoms. The van der Waals surface area contributed by atoms with Gasteiger partial charge in [0.15, 0.2) is 0 Å². The first-order chi connectivity index (χ1) is 9.63. The van der Waals surface area contributed by atoms with Crippen LogP contribution in [0.3, 0.4) is 0 Å². The van der Waals surface area contributed by atoms with E-state index in [2.05, 4.69) is 36.0 Å². The van der Waals surface area contributed by atoms with Crippen molar-refractivity contribution in [1.82, 2.24) is 15.2 Å². The standard InChI is InChI=1S/C15H26N4O/c1-4-18-15(12-9-17-6-5-13(12)16)14-10-19(11(2)3)7-8-20-14/h5-6,9,11,14-15,18H,4,7-8,10H2,1-3H3,(H2,16,17). The van der Waals surface area contributed by atoms with Gasteiger partial charge in [-0.05, 0) is 26.5 Å². The van der Waals surface area contributed by atoms with Crippen LogP contribution in [0.5, 0.6) is 0 Å². The molecule has 2 unspecified atom stereocenters. The van der Waals surface area contributed by atoms with Crippen LogP contribution in [0.15, 0.2) is 18.5 Å². The summed E-state index contributed by atoms with van der Waals surface area (Å²) in [5, 5.41) is 3.50. The van der Waals surface area contributed by atoms with Gasteiger partial charge >= 0.3 is 0 Å². The van der Waals surface area contributed by atoms with Gasteiger partial charge in [-0.25, -0.2) is 0 Å². The molecule has 0 amide bonds. The molecule has 5 heteroatoms. The molecule has 0 aliphatic carbocycles. The van der Waals surface area contributed by atoms with Gasteiger partial charge in [-0.3, -0.25) is 9.88 Å². The SMILES string of the molecule is CCNC(c1cnccc1N)C1CN(C(C)C)CCO1. The number of nitrogens with one attached hydrogen (secondary N) is 1. The lowest BCUT2D eigenvalue weighted by atomic mass is 9.99. The Balaban J connectivity index is 2.18. The van der Waals surface area contributed by atoms with Crippen LogP contribution in [0, 0.1) is 0 Å². The fourth-order valence-electron chi connectivity index (χ4n) is 2.71. The smallest absolute Gasteiger partial charge is 0.0898 e. The number of nitrogen functional groups attached to an aromatic ring is 1. The summed E-state index contributed by atoms with van der Waals surface area (Å²) in [6, 6.07) is 2.48. The van der Waals surface area contributed by atoms with E-state index in [1.54, 1.807) is 6.20 Å². The molecule has 112 valence electrons. The normalized spacial score (nSPS) is 22.1. The average molecular weight is 278 g/mol. The number of hydrogen-bond donors (Lipinski definition) is 2. The van der Waals surface area contributed by atoms with Crippen LogP contribution in [0.25, 0.3) is 0 Å². The lowest BCUT2D eigenvalue weighted by molar-refractivity contribution is -0.0558. The summed E-state index contributed by atoms with van der Waals surface area (Å²) in [7, 11) is 0. The number of nitrogens with zero attached hydrogens (tertiary/aromatic N) is 2. The Labute approximate surface area is 121 Å². The van der Waals surface area contributed by atoms with Gasteiger partial charge in [0.25, 0.3) is 0 Å². The minimum atomic E-state index is 0.0928. The van der Waals surface area contributed by atoms with Crippen molar-refractivity contribution in [2.45, 2.75) is 39.0 Å². The van der Waals surface area contributed by atoms with Crippen molar-refractivity contribution in [3.05, 3.63) is 24.0 Å².